The zero-order valence-corrected chi connectivity index (χ0v) is 14.1. The van der Waals surface area contributed by atoms with Crippen molar-refractivity contribution in [3.63, 3.8) is 0 Å². The Balaban J connectivity index is 2.05. The van der Waals surface area contributed by atoms with Crippen molar-refractivity contribution >= 4 is 0 Å². The Morgan fingerprint density at radius 1 is 0.739 bits per heavy atom. The highest BCUT2D eigenvalue weighted by Gasteiger charge is 2.16. The highest BCUT2D eigenvalue weighted by molar-refractivity contribution is 5.53. The summed E-state index contributed by atoms with van der Waals surface area (Å²) in [6.07, 6.45) is 0.980. The SMILES string of the molecule is C[C](c1ccccc1)c1ccc(C)c(C)c1Cc1ccccc1. The second-order valence-electron chi connectivity index (χ2n) is 6.19. The highest BCUT2D eigenvalue weighted by atomic mass is 14.2. The van der Waals surface area contributed by atoms with Crippen molar-refractivity contribution in [3.05, 3.63) is 112 Å². The van der Waals surface area contributed by atoms with Gasteiger partial charge in [0.2, 0.25) is 0 Å². The van der Waals surface area contributed by atoms with E-state index in [2.05, 4.69) is 93.6 Å². The van der Waals surface area contributed by atoms with E-state index in [1.54, 1.807) is 0 Å². The molecule has 0 saturated heterocycles. The van der Waals surface area contributed by atoms with Crippen LogP contribution in [0.3, 0.4) is 0 Å². The average molecular weight is 299 g/mol. The molecule has 115 valence electrons. The van der Waals surface area contributed by atoms with Crippen LogP contribution in [0.25, 0.3) is 0 Å². The number of rotatable bonds is 4. The fourth-order valence-electron chi connectivity index (χ4n) is 3.10. The maximum absolute atomic E-state index is 2.28. The average Bonchev–Trinajstić information content (AvgIpc) is 2.60. The lowest BCUT2D eigenvalue weighted by atomic mass is 9.84. The van der Waals surface area contributed by atoms with E-state index in [4.69, 9.17) is 0 Å². The Labute approximate surface area is 139 Å². The molecule has 0 amide bonds. The van der Waals surface area contributed by atoms with Gasteiger partial charge < -0.3 is 0 Å². The van der Waals surface area contributed by atoms with Crippen molar-refractivity contribution in [1.29, 1.82) is 0 Å². The molecule has 0 heteroatoms. The van der Waals surface area contributed by atoms with E-state index in [1.807, 2.05) is 0 Å². The molecule has 3 rings (SSSR count). The first-order chi connectivity index (χ1) is 11.2. The summed E-state index contributed by atoms with van der Waals surface area (Å²) in [5, 5.41) is 0. The van der Waals surface area contributed by atoms with Crippen LogP contribution in [0, 0.1) is 19.8 Å². The molecular weight excluding hydrogens is 276 g/mol. The third kappa shape index (κ3) is 3.37. The third-order valence-electron chi connectivity index (χ3n) is 4.70. The van der Waals surface area contributed by atoms with Crippen molar-refractivity contribution in [1.82, 2.24) is 0 Å². The van der Waals surface area contributed by atoms with Crippen LogP contribution in [-0.4, -0.2) is 0 Å². The molecule has 0 bridgehead atoms. The molecule has 0 nitrogen and oxygen atoms in total. The highest BCUT2D eigenvalue weighted by Crippen LogP contribution is 2.30. The van der Waals surface area contributed by atoms with Gasteiger partial charge in [-0.3, -0.25) is 0 Å². The molecule has 0 aliphatic carbocycles. The van der Waals surface area contributed by atoms with Crippen molar-refractivity contribution in [3.8, 4) is 0 Å². The van der Waals surface area contributed by atoms with E-state index in [0.29, 0.717) is 0 Å². The molecule has 23 heavy (non-hydrogen) atoms. The summed E-state index contributed by atoms with van der Waals surface area (Å²) in [5.41, 5.74) is 8.23. The summed E-state index contributed by atoms with van der Waals surface area (Å²) < 4.78 is 0. The molecule has 0 aliphatic rings. The van der Waals surface area contributed by atoms with Crippen LogP contribution in [0.15, 0.2) is 72.8 Å². The fourth-order valence-corrected chi connectivity index (χ4v) is 3.10. The molecule has 0 N–H and O–H groups in total. The van der Waals surface area contributed by atoms with Crippen LogP contribution in [0.1, 0.15) is 40.3 Å². The maximum Gasteiger partial charge on any atom is 0.0312 e. The van der Waals surface area contributed by atoms with E-state index in [9.17, 15) is 0 Å². The van der Waals surface area contributed by atoms with Crippen molar-refractivity contribution < 1.29 is 0 Å². The zero-order valence-electron chi connectivity index (χ0n) is 14.1. The quantitative estimate of drug-likeness (QED) is 0.564. The summed E-state index contributed by atoms with van der Waals surface area (Å²) in [4.78, 5) is 0. The van der Waals surface area contributed by atoms with Gasteiger partial charge in [0.25, 0.3) is 0 Å². The van der Waals surface area contributed by atoms with Crippen molar-refractivity contribution in [2.45, 2.75) is 27.2 Å². The standard InChI is InChI=1S/C23H23/c1-17-14-15-22(19(3)21-12-8-5-9-13-21)23(18(17)2)16-20-10-6-4-7-11-20/h4-15H,16H2,1-3H3. The Hall–Kier alpha value is -2.34. The van der Waals surface area contributed by atoms with Crippen LogP contribution in [-0.2, 0) is 6.42 Å². The normalized spacial score (nSPS) is 11.0. The van der Waals surface area contributed by atoms with E-state index >= 15 is 0 Å². The second-order valence-corrected chi connectivity index (χ2v) is 6.19. The van der Waals surface area contributed by atoms with E-state index in [-0.39, 0.29) is 0 Å². The Morgan fingerprint density at radius 2 is 1.35 bits per heavy atom. The smallest absolute Gasteiger partial charge is 0.0312 e. The molecule has 3 aromatic carbocycles. The molecule has 0 aromatic heterocycles. The van der Waals surface area contributed by atoms with Gasteiger partial charge in [0.05, 0.1) is 0 Å². The van der Waals surface area contributed by atoms with Gasteiger partial charge in [0.1, 0.15) is 0 Å². The van der Waals surface area contributed by atoms with Crippen LogP contribution < -0.4 is 0 Å². The van der Waals surface area contributed by atoms with Crippen LogP contribution in [0.4, 0.5) is 0 Å². The van der Waals surface area contributed by atoms with E-state index in [0.717, 1.165) is 6.42 Å². The number of aryl methyl sites for hydroxylation is 1. The minimum atomic E-state index is 0.980. The van der Waals surface area contributed by atoms with Crippen LogP contribution in [0.2, 0.25) is 0 Å². The Kier molecular flexibility index (Phi) is 4.62. The molecule has 3 aromatic rings. The Bertz CT molecular complexity index is 770. The molecule has 0 fully saturated rings. The molecule has 0 aliphatic heterocycles. The lowest BCUT2D eigenvalue weighted by molar-refractivity contribution is 1.06. The summed E-state index contributed by atoms with van der Waals surface area (Å²) in [5.74, 6) is 1.35. The van der Waals surface area contributed by atoms with Gasteiger partial charge >= 0.3 is 0 Å². The molecule has 0 spiro atoms. The predicted molar refractivity (Wildman–Crippen MR) is 98.7 cm³/mol. The van der Waals surface area contributed by atoms with E-state index in [1.165, 1.54) is 39.3 Å². The summed E-state index contributed by atoms with van der Waals surface area (Å²) >= 11 is 0. The summed E-state index contributed by atoms with van der Waals surface area (Å²) in [6.45, 7) is 6.68. The maximum atomic E-state index is 2.28. The first-order valence-electron chi connectivity index (χ1n) is 8.19. The van der Waals surface area contributed by atoms with Gasteiger partial charge in [-0.15, -0.1) is 0 Å². The monoisotopic (exact) mass is 299 g/mol. The summed E-state index contributed by atoms with van der Waals surface area (Å²) in [7, 11) is 0. The van der Waals surface area contributed by atoms with Crippen molar-refractivity contribution in [2.24, 2.45) is 0 Å². The second kappa shape index (κ2) is 6.83. The van der Waals surface area contributed by atoms with Gasteiger partial charge in [0.15, 0.2) is 0 Å². The van der Waals surface area contributed by atoms with Gasteiger partial charge in [-0.25, -0.2) is 0 Å². The van der Waals surface area contributed by atoms with Gasteiger partial charge in [0, 0.05) is 5.92 Å². The van der Waals surface area contributed by atoms with Crippen LogP contribution in [0.5, 0.6) is 0 Å². The third-order valence-corrected chi connectivity index (χ3v) is 4.70. The van der Waals surface area contributed by atoms with Crippen LogP contribution >= 0.6 is 0 Å². The lowest BCUT2D eigenvalue weighted by Gasteiger charge is -2.20. The Morgan fingerprint density at radius 3 is 2.00 bits per heavy atom. The molecule has 1 radical (unpaired) electrons. The lowest BCUT2D eigenvalue weighted by Crippen LogP contribution is -2.06. The molecule has 0 atom stereocenters. The molecule has 0 unspecified atom stereocenters. The molecule has 0 saturated carbocycles. The largest absolute Gasteiger partial charge is 0.0622 e. The topological polar surface area (TPSA) is 0 Å². The first kappa shape index (κ1) is 15.6. The minimum Gasteiger partial charge on any atom is -0.0622 e. The van der Waals surface area contributed by atoms with Crippen molar-refractivity contribution in [2.75, 3.05) is 0 Å². The first-order valence-corrected chi connectivity index (χ1v) is 8.19. The van der Waals surface area contributed by atoms with Gasteiger partial charge in [-0.1, -0.05) is 79.7 Å². The summed E-state index contributed by atoms with van der Waals surface area (Å²) in [6, 6.07) is 25.9. The number of benzene rings is 3. The number of hydrogen-bond acceptors (Lipinski definition) is 0. The molecular formula is C23H23. The van der Waals surface area contributed by atoms with E-state index < -0.39 is 0 Å². The van der Waals surface area contributed by atoms with Gasteiger partial charge in [-0.2, -0.15) is 0 Å². The number of hydrogen-bond donors (Lipinski definition) is 0. The minimum absolute atomic E-state index is 0.980. The van der Waals surface area contributed by atoms with Gasteiger partial charge in [-0.05, 0) is 53.6 Å². The zero-order chi connectivity index (χ0) is 16.2. The fraction of sp³-hybridized carbons (Fsp3) is 0.174. The predicted octanol–water partition coefficient (Wildman–Crippen LogP) is 5.89. The molecule has 0 heterocycles.